The average molecular weight is 381 g/mol. The van der Waals surface area contributed by atoms with Crippen molar-refractivity contribution in [2.24, 2.45) is 11.8 Å². The van der Waals surface area contributed by atoms with Crippen LogP contribution in [0.4, 0.5) is 0 Å². The van der Waals surface area contributed by atoms with Crippen LogP contribution in [-0.4, -0.2) is 38.7 Å². The van der Waals surface area contributed by atoms with E-state index < -0.39 is 21.9 Å². The second kappa shape index (κ2) is 8.20. The Morgan fingerprint density at radius 1 is 1.19 bits per heavy atom. The van der Waals surface area contributed by atoms with Crippen LogP contribution in [0.2, 0.25) is 0 Å². The van der Waals surface area contributed by atoms with Gasteiger partial charge in [0.05, 0.1) is 10.5 Å². The molecule has 144 valence electrons. The largest absolute Gasteiger partial charge is 0.449 e. The third-order valence-corrected chi connectivity index (χ3v) is 6.35. The molecule has 0 saturated heterocycles. The van der Waals surface area contributed by atoms with E-state index in [0.717, 1.165) is 25.5 Å². The highest BCUT2D eigenvalue weighted by atomic mass is 32.2. The van der Waals surface area contributed by atoms with Crippen LogP contribution in [0.5, 0.6) is 0 Å². The molecule has 1 fully saturated rings. The highest BCUT2D eigenvalue weighted by Crippen LogP contribution is 2.29. The maximum absolute atomic E-state index is 12.4. The monoisotopic (exact) mass is 381 g/mol. The minimum Gasteiger partial charge on any atom is -0.449 e. The Bertz CT molecular complexity index is 774. The topological polar surface area (TPSA) is 89.5 Å². The maximum Gasteiger partial charge on any atom is 0.340 e. The summed E-state index contributed by atoms with van der Waals surface area (Å²) in [6.07, 6.45) is 3.15. The van der Waals surface area contributed by atoms with Crippen LogP contribution in [0, 0.1) is 11.8 Å². The fourth-order valence-corrected chi connectivity index (χ4v) is 4.20. The zero-order valence-electron chi connectivity index (χ0n) is 15.7. The van der Waals surface area contributed by atoms with Crippen LogP contribution >= 0.6 is 0 Å². The van der Waals surface area contributed by atoms with Crippen LogP contribution in [0.3, 0.4) is 0 Å². The number of ether oxygens (including phenoxy) is 1. The van der Waals surface area contributed by atoms with Crippen LogP contribution in [-0.2, 0) is 19.4 Å². The molecule has 0 spiro atoms. The minimum atomic E-state index is -3.57. The van der Waals surface area contributed by atoms with Gasteiger partial charge in [0, 0.05) is 12.3 Å². The lowest BCUT2D eigenvalue weighted by atomic mass is 9.78. The van der Waals surface area contributed by atoms with Gasteiger partial charge in [-0.05, 0) is 37.3 Å². The fourth-order valence-electron chi connectivity index (χ4n) is 3.32. The Labute approximate surface area is 155 Å². The summed E-state index contributed by atoms with van der Waals surface area (Å²) in [6, 6.07) is 5.89. The molecule has 2 rings (SSSR count). The van der Waals surface area contributed by atoms with Gasteiger partial charge in [-0.25, -0.2) is 13.2 Å². The van der Waals surface area contributed by atoms with Gasteiger partial charge in [-0.1, -0.05) is 38.8 Å². The molecule has 1 saturated carbocycles. The lowest BCUT2D eigenvalue weighted by Gasteiger charge is -2.35. The van der Waals surface area contributed by atoms with Crippen molar-refractivity contribution in [2.45, 2.75) is 57.1 Å². The van der Waals surface area contributed by atoms with Crippen LogP contribution in [0.1, 0.15) is 50.4 Å². The first-order chi connectivity index (χ1) is 12.1. The summed E-state index contributed by atoms with van der Waals surface area (Å²) < 4.78 is 28.9. The molecule has 1 aromatic carbocycles. The fraction of sp³-hybridized carbons (Fsp3) is 0.579. The van der Waals surface area contributed by atoms with Crippen LogP contribution < -0.4 is 5.32 Å². The highest BCUT2D eigenvalue weighted by molar-refractivity contribution is 7.90. The molecule has 7 heteroatoms. The molecule has 0 unspecified atom stereocenters. The summed E-state index contributed by atoms with van der Waals surface area (Å²) in [6.45, 7) is 5.79. The van der Waals surface area contributed by atoms with E-state index in [1.807, 2.05) is 0 Å². The van der Waals surface area contributed by atoms with E-state index in [4.69, 9.17) is 4.74 Å². The maximum atomic E-state index is 12.4. The van der Waals surface area contributed by atoms with Gasteiger partial charge in [0.15, 0.2) is 15.9 Å². The van der Waals surface area contributed by atoms with Crippen LogP contribution in [0.15, 0.2) is 29.2 Å². The zero-order chi connectivity index (χ0) is 19.5. The molecular formula is C19H27NO5S. The minimum absolute atomic E-state index is 0.0608. The van der Waals surface area contributed by atoms with Gasteiger partial charge in [-0.2, -0.15) is 0 Å². The van der Waals surface area contributed by atoms with Gasteiger partial charge in [0.25, 0.3) is 5.91 Å². The predicted molar refractivity (Wildman–Crippen MR) is 98.5 cm³/mol. The molecule has 1 aromatic rings. The second-order valence-corrected chi connectivity index (χ2v) is 9.18. The van der Waals surface area contributed by atoms with Gasteiger partial charge in [-0.15, -0.1) is 0 Å². The number of hydrogen-bond acceptors (Lipinski definition) is 5. The van der Waals surface area contributed by atoms with Crippen molar-refractivity contribution in [3.05, 3.63) is 29.8 Å². The first-order valence-electron chi connectivity index (χ1n) is 8.91. The Morgan fingerprint density at radius 3 is 2.50 bits per heavy atom. The smallest absolute Gasteiger partial charge is 0.340 e. The molecule has 0 aromatic heterocycles. The number of esters is 1. The van der Waals surface area contributed by atoms with Gasteiger partial charge < -0.3 is 10.1 Å². The predicted octanol–water partition coefficient (Wildman–Crippen LogP) is 2.58. The van der Waals surface area contributed by atoms with Crippen molar-refractivity contribution < 1.29 is 22.7 Å². The van der Waals surface area contributed by atoms with E-state index in [1.54, 1.807) is 6.07 Å². The van der Waals surface area contributed by atoms with Crippen molar-refractivity contribution in [1.29, 1.82) is 0 Å². The third kappa shape index (κ3) is 4.84. The van der Waals surface area contributed by atoms with Gasteiger partial charge in [-0.3, -0.25) is 4.79 Å². The number of hydrogen-bond donors (Lipinski definition) is 1. The molecule has 1 amide bonds. The van der Waals surface area contributed by atoms with Gasteiger partial charge >= 0.3 is 5.97 Å². The molecule has 4 atom stereocenters. The molecule has 0 heterocycles. The Morgan fingerprint density at radius 2 is 1.85 bits per heavy atom. The van der Waals surface area contributed by atoms with E-state index in [2.05, 4.69) is 19.2 Å². The number of amides is 1. The number of rotatable bonds is 5. The third-order valence-electron chi connectivity index (χ3n) is 5.19. The SMILES string of the molecule is C[C@@H]1[C@H](C)CCC[C@H]1NC(=O)[C@@H](C)OC(=O)c1ccccc1S(C)(=O)=O. The van der Waals surface area contributed by atoms with Crippen molar-refractivity contribution in [3.8, 4) is 0 Å². The molecule has 6 nitrogen and oxygen atoms in total. The Hall–Kier alpha value is -1.89. The lowest BCUT2D eigenvalue weighted by molar-refractivity contribution is -0.130. The normalized spacial score (nSPS) is 24.5. The number of benzene rings is 1. The van der Waals surface area contributed by atoms with Crippen molar-refractivity contribution in [1.82, 2.24) is 5.32 Å². The summed E-state index contributed by atoms with van der Waals surface area (Å²) in [5.41, 5.74) is -0.0608. The first-order valence-corrected chi connectivity index (χ1v) is 10.8. The van der Waals surface area contributed by atoms with E-state index in [9.17, 15) is 18.0 Å². The molecule has 1 aliphatic rings. The first kappa shape index (κ1) is 20.4. The summed E-state index contributed by atoms with van der Waals surface area (Å²) in [5.74, 6) is -0.282. The number of sulfone groups is 1. The number of carbonyl (C=O) groups is 2. The summed E-state index contributed by atoms with van der Waals surface area (Å²) in [5, 5.41) is 2.97. The molecular weight excluding hydrogens is 354 g/mol. The van der Waals surface area contributed by atoms with Crippen molar-refractivity contribution in [2.75, 3.05) is 6.26 Å². The average Bonchev–Trinajstić information content (AvgIpc) is 2.58. The van der Waals surface area contributed by atoms with Crippen molar-refractivity contribution in [3.63, 3.8) is 0 Å². The molecule has 0 bridgehead atoms. The summed E-state index contributed by atoms with van der Waals surface area (Å²) in [7, 11) is -3.57. The van der Waals surface area contributed by atoms with Crippen LogP contribution in [0.25, 0.3) is 0 Å². The molecule has 1 aliphatic carbocycles. The molecule has 26 heavy (non-hydrogen) atoms. The summed E-state index contributed by atoms with van der Waals surface area (Å²) in [4.78, 5) is 24.7. The van der Waals surface area contributed by atoms with E-state index in [-0.39, 0.29) is 22.4 Å². The van der Waals surface area contributed by atoms with E-state index >= 15 is 0 Å². The Balaban J connectivity index is 2.04. The quantitative estimate of drug-likeness (QED) is 0.792. The van der Waals surface area contributed by atoms with E-state index in [1.165, 1.54) is 25.1 Å². The molecule has 0 radical (unpaired) electrons. The zero-order valence-corrected chi connectivity index (χ0v) is 16.5. The standard InChI is InChI=1S/C19H27NO5S/c1-12-8-7-10-16(13(12)2)20-18(21)14(3)25-19(22)15-9-5-6-11-17(15)26(4,23)24/h5-6,9,11-14,16H,7-8,10H2,1-4H3,(H,20,21)/t12-,13-,14-,16-/m1/s1. The van der Waals surface area contributed by atoms with Crippen molar-refractivity contribution >= 4 is 21.7 Å². The highest BCUT2D eigenvalue weighted by Gasteiger charge is 2.30. The Kier molecular flexibility index (Phi) is 6.44. The van der Waals surface area contributed by atoms with Gasteiger partial charge in [0.2, 0.25) is 0 Å². The van der Waals surface area contributed by atoms with E-state index in [0.29, 0.717) is 11.8 Å². The second-order valence-electron chi connectivity index (χ2n) is 7.20. The number of nitrogens with one attached hydrogen (secondary N) is 1. The lowest BCUT2D eigenvalue weighted by Crippen LogP contribution is -2.47. The van der Waals surface area contributed by atoms with Gasteiger partial charge in [0.1, 0.15) is 0 Å². The number of carbonyl (C=O) groups excluding carboxylic acids is 2. The molecule has 1 N–H and O–H groups in total. The molecule has 0 aliphatic heterocycles. The summed E-state index contributed by atoms with van der Waals surface area (Å²) >= 11 is 0.